The third-order valence-electron chi connectivity index (χ3n) is 7.50. The van der Waals surface area contributed by atoms with Gasteiger partial charge in [-0.25, -0.2) is 0 Å². The summed E-state index contributed by atoms with van der Waals surface area (Å²) in [6.07, 6.45) is -1.78. The number of halogens is 3. The van der Waals surface area contributed by atoms with Crippen LogP contribution in [0.5, 0.6) is 0 Å². The molecule has 5 nitrogen and oxygen atoms in total. The van der Waals surface area contributed by atoms with Crippen LogP contribution in [0, 0.1) is 5.41 Å². The average Bonchev–Trinajstić information content (AvgIpc) is 2.85. The minimum Gasteiger partial charge on any atom is -0.356 e. The van der Waals surface area contributed by atoms with Crippen LogP contribution in [0.1, 0.15) is 36.3 Å². The summed E-state index contributed by atoms with van der Waals surface area (Å²) in [5.74, 6) is -1.16. The van der Waals surface area contributed by atoms with Crippen molar-refractivity contribution in [1.29, 1.82) is 0 Å². The summed E-state index contributed by atoms with van der Waals surface area (Å²) in [6.45, 7) is 0.717. The van der Waals surface area contributed by atoms with Crippen molar-refractivity contribution in [2.24, 2.45) is 5.41 Å². The monoisotopic (exact) mass is 506 g/mol. The van der Waals surface area contributed by atoms with Gasteiger partial charge >= 0.3 is 6.18 Å². The van der Waals surface area contributed by atoms with Crippen LogP contribution in [0.4, 0.5) is 13.2 Å². The smallest absolute Gasteiger partial charge is 0.356 e. The number of nitrogens with one attached hydrogen (secondary N) is 1. The quantitative estimate of drug-likeness (QED) is 0.596. The lowest BCUT2D eigenvalue weighted by molar-refractivity contribution is -0.271. The predicted octanol–water partition coefficient (Wildman–Crippen LogP) is 4.73. The lowest BCUT2D eigenvalue weighted by Gasteiger charge is -2.50. The van der Waals surface area contributed by atoms with Crippen LogP contribution < -0.4 is 5.32 Å². The van der Waals surface area contributed by atoms with E-state index in [1.807, 2.05) is 24.5 Å². The molecular formula is C26H29F3N2O3S. The number of carbonyl (C=O) groups is 2. The molecule has 0 radical (unpaired) electrons. The maximum atomic E-state index is 14.4. The van der Waals surface area contributed by atoms with E-state index in [0.717, 1.165) is 17.6 Å². The third-order valence-corrected chi connectivity index (χ3v) is 8.31. The second-order valence-corrected chi connectivity index (χ2v) is 10.0. The first-order valence-corrected chi connectivity index (χ1v) is 12.8. The summed E-state index contributed by atoms with van der Waals surface area (Å²) in [5.41, 5.74) is -2.62. The van der Waals surface area contributed by atoms with Gasteiger partial charge in [0.2, 0.25) is 5.91 Å². The SMILES string of the molecule is CO[C@@](C(=O)N1CCC2(CC1)CC(=O)NC[C@@H]2c1ccccc1SC)(c1ccccc1)C(F)(F)F. The predicted molar refractivity (Wildman–Crippen MR) is 128 cm³/mol. The summed E-state index contributed by atoms with van der Waals surface area (Å²) in [4.78, 5) is 28.3. The molecule has 1 N–H and O–H groups in total. The molecule has 4 rings (SSSR count). The number of thioether (sulfide) groups is 1. The number of methoxy groups -OCH3 is 1. The number of amides is 2. The van der Waals surface area contributed by atoms with Gasteiger partial charge in [-0.1, -0.05) is 48.5 Å². The van der Waals surface area contributed by atoms with Gasteiger partial charge < -0.3 is 15.0 Å². The van der Waals surface area contributed by atoms with E-state index in [1.54, 1.807) is 17.8 Å². The molecule has 9 heteroatoms. The van der Waals surface area contributed by atoms with Crippen molar-refractivity contribution in [1.82, 2.24) is 10.2 Å². The van der Waals surface area contributed by atoms with Gasteiger partial charge in [-0.05, 0) is 36.1 Å². The summed E-state index contributed by atoms with van der Waals surface area (Å²) in [6, 6.07) is 15.1. The number of hydrogen-bond donors (Lipinski definition) is 1. The Bertz CT molecular complexity index is 1070. The Morgan fingerprint density at radius 2 is 1.71 bits per heavy atom. The normalized spacial score (nSPS) is 21.9. The molecule has 35 heavy (non-hydrogen) atoms. The molecule has 2 aliphatic heterocycles. The number of benzene rings is 2. The van der Waals surface area contributed by atoms with Crippen molar-refractivity contribution >= 4 is 23.6 Å². The summed E-state index contributed by atoms with van der Waals surface area (Å²) in [5, 5.41) is 2.96. The molecule has 0 saturated carbocycles. The van der Waals surface area contributed by atoms with E-state index in [-0.39, 0.29) is 36.9 Å². The third kappa shape index (κ3) is 4.44. The minimum atomic E-state index is -4.94. The number of nitrogens with zero attached hydrogens (tertiary/aromatic N) is 1. The Labute approximate surface area is 207 Å². The minimum absolute atomic E-state index is 0.0185. The maximum Gasteiger partial charge on any atom is 0.430 e. The molecule has 0 bridgehead atoms. The summed E-state index contributed by atoms with van der Waals surface area (Å²) >= 11 is 1.63. The van der Waals surface area contributed by atoms with E-state index < -0.39 is 23.1 Å². The molecule has 2 atom stereocenters. The first-order chi connectivity index (χ1) is 16.7. The van der Waals surface area contributed by atoms with Gasteiger partial charge in [0, 0.05) is 49.5 Å². The van der Waals surface area contributed by atoms with E-state index in [0.29, 0.717) is 19.4 Å². The first kappa shape index (κ1) is 25.6. The van der Waals surface area contributed by atoms with Crippen LogP contribution in [0.2, 0.25) is 0 Å². The Balaban J connectivity index is 1.64. The van der Waals surface area contributed by atoms with Crippen LogP contribution in [0.15, 0.2) is 59.5 Å². The highest BCUT2D eigenvalue weighted by Crippen LogP contribution is 2.51. The van der Waals surface area contributed by atoms with Crippen molar-refractivity contribution in [2.45, 2.75) is 41.9 Å². The number of hydrogen-bond acceptors (Lipinski definition) is 4. The fourth-order valence-electron chi connectivity index (χ4n) is 5.64. The zero-order chi connectivity index (χ0) is 25.3. The Hall–Kier alpha value is -2.52. The van der Waals surface area contributed by atoms with Gasteiger partial charge in [0.1, 0.15) is 0 Å². The maximum absolute atomic E-state index is 14.4. The molecule has 2 heterocycles. The van der Waals surface area contributed by atoms with Crippen molar-refractivity contribution in [3.63, 3.8) is 0 Å². The average molecular weight is 507 g/mol. The van der Waals surface area contributed by atoms with Crippen molar-refractivity contribution in [3.05, 3.63) is 65.7 Å². The van der Waals surface area contributed by atoms with Crippen molar-refractivity contribution in [2.75, 3.05) is 33.0 Å². The molecule has 0 aliphatic carbocycles. The number of alkyl halides is 3. The number of carbonyl (C=O) groups excluding carboxylic acids is 2. The van der Waals surface area contributed by atoms with Gasteiger partial charge in [-0.15, -0.1) is 11.8 Å². The van der Waals surface area contributed by atoms with Gasteiger partial charge in [0.05, 0.1) is 0 Å². The van der Waals surface area contributed by atoms with Gasteiger partial charge in [-0.2, -0.15) is 13.2 Å². The van der Waals surface area contributed by atoms with Crippen LogP contribution >= 0.6 is 11.8 Å². The van der Waals surface area contributed by atoms with Gasteiger partial charge in [0.25, 0.3) is 11.5 Å². The van der Waals surface area contributed by atoms with E-state index >= 15 is 0 Å². The summed E-state index contributed by atoms with van der Waals surface area (Å²) in [7, 11) is 0.921. The van der Waals surface area contributed by atoms with Crippen LogP contribution in [-0.4, -0.2) is 55.9 Å². The summed E-state index contributed by atoms with van der Waals surface area (Å²) < 4.78 is 48.2. The lowest BCUT2D eigenvalue weighted by atomic mass is 9.62. The van der Waals surface area contributed by atoms with Crippen molar-refractivity contribution < 1.29 is 27.5 Å². The fraction of sp³-hybridized carbons (Fsp3) is 0.462. The molecule has 2 aromatic carbocycles. The lowest BCUT2D eigenvalue weighted by Crippen LogP contribution is -2.60. The molecule has 2 aromatic rings. The molecule has 2 fully saturated rings. The number of ether oxygens (including phenoxy) is 1. The highest BCUT2D eigenvalue weighted by Gasteiger charge is 2.64. The van der Waals surface area contributed by atoms with Gasteiger partial charge in [-0.3, -0.25) is 9.59 Å². The molecule has 0 aromatic heterocycles. The number of piperidine rings is 2. The molecule has 2 aliphatic rings. The zero-order valence-electron chi connectivity index (χ0n) is 19.7. The van der Waals surface area contributed by atoms with Crippen LogP contribution in [-0.2, 0) is 19.9 Å². The van der Waals surface area contributed by atoms with E-state index in [9.17, 15) is 22.8 Å². The zero-order valence-corrected chi connectivity index (χ0v) is 20.5. The number of likely N-dealkylation sites (tertiary alicyclic amines) is 1. The highest BCUT2D eigenvalue weighted by molar-refractivity contribution is 7.98. The van der Waals surface area contributed by atoms with Gasteiger partial charge in [0.15, 0.2) is 0 Å². The molecule has 0 unspecified atom stereocenters. The van der Waals surface area contributed by atoms with E-state index in [1.165, 1.54) is 29.2 Å². The van der Waals surface area contributed by atoms with E-state index in [2.05, 4.69) is 11.4 Å². The Kier molecular flexibility index (Phi) is 7.20. The van der Waals surface area contributed by atoms with E-state index in [4.69, 9.17) is 4.74 Å². The fourth-order valence-corrected chi connectivity index (χ4v) is 6.30. The van der Waals surface area contributed by atoms with Crippen LogP contribution in [0.25, 0.3) is 0 Å². The largest absolute Gasteiger partial charge is 0.430 e. The topological polar surface area (TPSA) is 58.6 Å². The highest BCUT2D eigenvalue weighted by atomic mass is 32.2. The molecule has 188 valence electrons. The second kappa shape index (κ2) is 9.85. The number of rotatable bonds is 5. The first-order valence-electron chi connectivity index (χ1n) is 11.5. The Morgan fingerprint density at radius 1 is 1.09 bits per heavy atom. The molecule has 2 amide bonds. The molecule has 1 spiro atoms. The Morgan fingerprint density at radius 3 is 2.31 bits per heavy atom. The van der Waals surface area contributed by atoms with Crippen molar-refractivity contribution in [3.8, 4) is 0 Å². The standard InChI is InChI=1S/C26H29F3N2O3S/c1-34-25(26(27,28)29,18-8-4-3-5-9-18)23(33)31-14-12-24(13-15-31)16-22(32)30-17-20(24)19-10-6-7-11-21(19)35-2/h3-11,20H,12-17H2,1-2H3,(H,30,32)/t20-,25-/m1/s1. The van der Waals surface area contributed by atoms with Crippen LogP contribution in [0.3, 0.4) is 0 Å². The molecule has 2 saturated heterocycles. The second-order valence-electron chi connectivity index (χ2n) is 9.18. The molecular weight excluding hydrogens is 477 g/mol.